The summed E-state index contributed by atoms with van der Waals surface area (Å²) < 4.78 is 38.5. The zero-order chi connectivity index (χ0) is 14.0. The van der Waals surface area contributed by atoms with Gasteiger partial charge < -0.3 is 10.2 Å². The maximum atomic E-state index is 12.8. The van der Waals surface area contributed by atoms with E-state index in [9.17, 15) is 13.2 Å². The van der Waals surface area contributed by atoms with Crippen LogP contribution in [0.3, 0.4) is 0 Å². The molecule has 1 aliphatic rings. The SMILES string of the molecule is CN(C)[C@@H]1CCC[C@H]1Nc1ncncc1C(F)(F)F. The summed E-state index contributed by atoms with van der Waals surface area (Å²) >= 11 is 0. The Balaban J connectivity index is 2.20. The topological polar surface area (TPSA) is 41.0 Å². The second-order valence-electron chi connectivity index (χ2n) is 5.00. The van der Waals surface area contributed by atoms with Crippen LogP contribution >= 0.6 is 0 Å². The molecule has 0 spiro atoms. The van der Waals surface area contributed by atoms with Crippen LogP contribution in [0.25, 0.3) is 0 Å². The molecule has 4 nitrogen and oxygen atoms in total. The van der Waals surface area contributed by atoms with Crippen LogP contribution in [0.4, 0.5) is 19.0 Å². The van der Waals surface area contributed by atoms with Gasteiger partial charge in [0.15, 0.2) is 0 Å². The van der Waals surface area contributed by atoms with Crippen LogP contribution in [0.2, 0.25) is 0 Å². The molecule has 0 unspecified atom stereocenters. The van der Waals surface area contributed by atoms with Crippen molar-refractivity contribution in [3.05, 3.63) is 18.1 Å². The van der Waals surface area contributed by atoms with Gasteiger partial charge >= 0.3 is 6.18 Å². The molecule has 1 saturated carbocycles. The van der Waals surface area contributed by atoms with Gasteiger partial charge in [-0.3, -0.25) is 0 Å². The number of likely N-dealkylation sites (N-methyl/N-ethyl adjacent to an activating group) is 1. The fraction of sp³-hybridized carbons (Fsp3) is 0.667. The van der Waals surface area contributed by atoms with E-state index in [1.807, 2.05) is 19.0 Å². The highest BCUT2D eigenvalue weighted by atomic mass is 19.4. The standard InChI is InChI=1S/C12H17F3N4/c1-19(2)10-5-3-4-9(10)18-11-8(12(13,14)15)6-16-7-17-11/h6-7,9-10H,3-5H2,1-2H3,(H,16,17,18)/t9-,10-/m1/s1. The van der Waals surface area contributed by atoms with Crippen LogP contribution in [0, 0.1) is 0 Å². The van der Waals surface area contributed by atoms with E-state index in [4.69, 9.17) is 0 Å². The molecule has 106 valence electrons. The summed E-state index contributed by atoms with van der Waals surface area (Å²) in [6, 6.07) is 0.224. The molecule has 1 fully saturated rings. The molecule has 0 radical (unpaired) electrons. The quantitative estimate of drug-likeness (QED) is 0.919. The molecule has 1 aliphatic carbocycles. The highest BCUT2D eigenvalue weighted by Gasteiger charge is 2.37. The number of rotatable bonds is 3. The first-order valence-corrected chi connectivity index (χ1v) is 6.19. The molecule has 7 heteroatoms. The van der Waals surface area contributed by atoms with Gasteiger partial charge in [0.1, 0.15) is 17.7 Å². The van der Waals surface area contributed by atoms with E-state index in [-0.39, 0.29) is 17.9 Å². The van der Waals surface area contributed by atoms with E-state index < -0.39 is 11.7 Å². The minimum atomic E-state index is -4.43. The van der Waals surface area contributed by atoms with Crippen LogP contribution in [-0.2, 0) is 6.18 Å². The average molecular weight is 274 g/mol. The maximum Gasteiger partial charge on any atom is 0.421 e. The first kappa shape index (κ1) is 14.0. The Bertz CT molecular complexity index is 433. The minimum Gasteiger partial charge on any atom is -0.365 e. The lowest BCUT2D eigenvalue weighted by Gasteiger charge is -2.28. The van der Waals surface area contributed by atoms with Crippen molar-refractivity contribution in [2.45, 2.75) is 37.5 Å². The summed E-state index contributed by atoms with van der Waals surface area (Å²) in [5.74, 6) is -0.124. The lowest BCUT2D eigenvalue weighted by Crippen LogP contribution is -2.39. The zero-order valence-corrected chi connectivity index (χ0v) is 10.9. The van der Waals surface area contributed by atoms with Gasteiger partial charge in [-0.25, -0.2) is 9.97 Å². The predicted octanol–water partition coefficient (Wildman–Crippen LogP) is 2.39. The maximum absolute atomic E-state index is 12.8. The van der Waals surface area contributed by atoms with Crippen LogP contribution in [-0.4, -0.2) is 41.0 Å². The van der Waals surface area contributed by atoms with Gasteiger partial charge in [-0.1, -0.05) is 0 Å². The van der Waals surface area contributed by atoms with Crippen molar-refractivity contribution in [1.29, 1.82) is 0 Å². The first-order valence-electron chi connectivity index (χ1n) is 6.19. The molecule has 2 rings (SSSR count). The number of nitrogens with zero attached hydrogens (tertiary/aromatic N) is 3. The lowest BCUT2D eigenvalue weighted by molar-refractivity contribution is -0.137. The van der Waals surface area contributed by atoms with Gasteiger partial charge in [0.05, 0.1) is 0 Å². The van der Waals surface area contributed by atoms with E-state index in [1.54, 1.807) is 0 Å². The fourth-order valence-electron chi connectivity index (χ4n) is 2.55. The van der Waals surface area contributed by atoms with Crippen molar-refractivity contribution in [1.82, 2.24) is 14.9 Å². The van der Waals surface area contributed by atoms with Crippen LogP contribution in [0.15, 0.2) is 12.5 Å². The second kappa shape index (κ2) is 5.32. The van der Waals surface area contributed by atoms with Crippen molar-refractivity contribution < 1.29 is 13.2 Å². The van der Waals surface area contributed by atoms with Crippen molar-refractivity contribution >= 4 is 5.82 Å². The number of alkyl halides is 3. The van der Waals surface area contributed by atoms with Gasteiger partial charge in [0, 0.05) is 18.3 Å². The fourth-order valence-corrected chi connectivity index (χ4v) is 2.55. The summed E-state index contributed by atoms with van der Waals surface area (Å²) in [4.78, 5) is 9.24. The van der Waals surface area contributed by atoms with Crippen LogP contribution in [0.1, 0.15) is 24.8 Å². The van der Waals surface area contributed by atoms with Crippen molar-refractivity contribution in [3.63, 3.8) is 0 Å². The summed E-state index contributed by atoms with van der Waals surface area (Å²) in [5.41, 5.74) is -0.806. The largest absolute Gasteiger partial charge is 0.421 e. The van der Waals surface area contributed by atoms with Crippen molar-refractivity contribution in [2.75, 3.05) is 19.4 Å². The van der Waals surface area contributed by atoms with Gasteiger partial charge in [-0.2, -0.15) is 13.2 Å². The number of hydrogen-bond donors (Lipinski definition) is 1. The molecule has 1 aromatic rings. The average Bonchev–Trinajstić information content (AvgIpc) is 2.76. The van der Waals surface area contributed by atoms with E-state index >= 15 is 0 Å². The Morgan fingerprint density at radius 3 is 2.68 bits per heavy atom. The van der Waals surface area contributed by atoms with Gasteiger partial charge in [-0.15, -0.1) is 0 Å². The summed E-state index contributed by atoms with van der Waals surface area (Å²) in [6.45, 7) is 0. The van der Waals surface area contributed by atoms with Crippen molar-refractivity contribution in [3.8, 4) is 0 Å². The highest BCUT2D eigenvalue weighted by molar-refractivity contribution is 5.45. The Labute approximate surface area is 110 Å². The molecule has 2 atom stereocenters. The van der Waals surface area contributed by atoms with Gasteiger partial charge in [0.2, 0.25) is 0 Å². The number of anilines is 1. The number of nitrogens with one attached hydrogen (secondary N) is 1. The second-order valence-corrected chi connectivity index (χ2v) is 5.00. The zero-order valence-electron chi connectivity index (χ0n) is 10.9. The smallest absolute Gasteiger partial charge is 0.365 e. The molecule has 19 heavy (non-hydrogen) atoms. The van der Waals surface area contributed by atoms with Crippen LogP contribution in [0.5, 0.6) is 0 Å². The van der Waals surface area contributed by atoms with Gasteiger partial charge in [0.25, 0.3) is 0 Å². The molecule has 0 amide bonds. The third-order valence-corrected chi connectivity index (χ3v) is 3.48. The van der Waals surface area contributed by atoms with E-state index in [0.29, 0.717) is 0 Å². The molecule has 0 saturated heterocycles. The third kappa shape index (κ3) is 3.15. The molecular weight excluding hydrogens is 257 g/mol. The van der Waals surface area contributed by atoms with E-state index in [0.717, 1.165) is 31.8 Å². The minimum absolute atomic E-state index is 0.00833. The van der Waals surface area contributed by atoms with Gasteiger partial charge in [-0.05, 0) is 33.4 Å². The summed E-state index contributed by atoms with van der Waals surface area (Å²) in [7, 11) is 3.88. The normalized spacial score (nSPS) is 23.9. The molecule has 1 aromatic heterocycles. The number of aromatic nitrogens is 2. The van der Waals surface area contributed by atoms with Crippen molar-refractivity contribution in [2.24, 2.45) is 0 Å². The Morgan fingerprint density at radius 2 is 2.05 bits per heavy atom. The Kier molecular flexibility index (Phi) is 3.93. The molecule has 0 aliphatic heterocycles. The lowest BCUT2D eigenvalue weighted by atomic mass is 10.1. The van der Waals surface area contributed by atoms with Crippen LogP contribution < -0.4 is 5.32 Å². The monoisotopic (exact) mass is 274 g/mol. The summed E-state index contributed by atoms with van der Waals surface area (Å²) in [6.07, 6.45) is 0.357. The third-order valence-electron chi connectivity index (χ3n) is 3.48. The molecule has 0 aromatic carbocycles. The van der Waals surface area contributed by atoms with E-state index in [2.05, 4.69) is 15.3 Å². The number of hydrogen-bond acceptors (Lipinski definition) is 4. The highest BCUT2D eigenvalue weighted by Crippen LogP contribution is 2.34. The van der Waals surface area contributed by atoms with E-state index in [1.165, 1.54) is 0 Å². The first-order chi connectivity index (χ1) is 8.89. The molecule has 0 bridgehead atoms. The Hall–Kier alpha value is -1.37. The molecular formula is C12H17F3N4. The molecule has 1 heterocycles. The summed E-state index contributed by atoms with van der Waals surface area (Å²) in [5, 5.41) is 2.93. The predicted molar refractivity (Wildman–Crippen MR) is 65.8 cm³/mol. The Morgan fingerprint density at radius 1 is 1.32 bits per heavy atom. The number of halogens is 3. The molecule has 1 N–H and O–H groups in total.